The van der Waals surface area contributed by atoms with Crippen LogP contribution in [0.5, 0.6) is 5.75 Å². The second-order valence-corrected chi connectivity index (χ2v) is 8.19. The SMILES string of the molecule is Cc1cc(C)nc(CNC(=O)c2cccc(OC3CCN(C(=O)C4CC4)CC3)c2)n1. The number of carbonyl (C=O) groups is 2. The van der Waals surface area contributed by atoms with Crippen LogP contribution in [0.2, 0.25) is 0 Å². The molecular formula is C23H28N4O3. The van der Waals surface area contributed by atoms with Gasteiger partial charge < -0.3 is 15.0 Å². The number of piperidine rings is 1. The standard InChI is InChI=1S/C23H28N4O3/c1-15-12-16(2)26-21(25-15)14-24-22(28)18-4-3-5-20(13-18)30-19-8-10-27(11-9-19)23(29)17-6-7-17/h3-5,12-13,17,19H,6-11,14H2,1-2H3,(H,24,28). The highest BCUT2D eigenvalue weighted by Gasteiger charge is 2.35. The van der Waals surface area contributed by atoms with E-state index in [1.807, 2.05) is 36.9 Å². The number of carbonyl (C=O) groups excluding carboxylic acids is 2. The van der Waals surface area contributed by atoms with E-state index in [-0.39, 0.29) is 24.5 Å². The molecule has 158 valence electrons. The molecule has 2 amide bonds. The van der Waals surface area contributed by atoms with Crippen molar-refractivity contribution in [3.05, 3.63) is 53.1 Å². The Labute approximate surface area is 176 Å². The van der Waals surface area contributed by atoms with Gasteiger partial charge >= 0.3 is 0 Å². The Morgan fingerprint density at radius 2 is 1.77 bits per heavy atom. The fourth-order valence-corrected chi connectivity index (χ4v) is 3.83. The first-order valence-corrected chi connectivity index (χ1v) is 10.6. The van der Waals surface area contributed by atoms with Crippen LogP contribution in [0.4, 0.5) is 0 Å². The summed E-state index contributed by atoms with van der Waals surface area (Å²) in [5.41, 5.74) is 2.30. The monoisotopic (exact) mass is 408 g/mol. The van der Waals surface area contributed by atoms with Gasteiger partial charge in [0.05, 0.1) is 6.54 Å². The van der Waals surface area contributed by atoms with Crippen LogP contribution in [0.15, 0.2) is 30.3 Å². The summed E-state index contributed by atoms with van der Waals surface area (Å²) >= 11 is 0. The van der Waals surface area contributed by atoms with Gasteiger partial charge in [0.25, 0.3) is 5.91 Å². The Balaban J connectivity index is 1.30. The quantitative estimate of drug-likeness (QED) is 0.795. The summed E-state index contributed by atoms with van der Waals surface area (Å²) in [7, 11) is 0. The summed E-state index contributed by atoms with van der Waals surface area (Å²) in [5.74, 6) is 1.66. The van der Waals surface area contributed by atoms with Crippen LogP contribution in [0, 0.1) is 19.8 Å². The van der Waals surface area contributed by atoms with E-state index in [4.69, 9.17) is 4.74 Å². The van der Waals surface area contributed by atoms with Gasteiger partial charge in [-0.2, -0.15) is 0 Å². The summed E-state index contributed by atoms with van der Waals surface area (Å²) in [6.45, 7) is 5.59. The maximum absolute atomic E-state index is 12.6. The number of ether oxygens (including phenoxy) is 1. The number of benzene rings is 1. The van der Waals surface area contributed by atoms with Crippen molar-refractivity contribution < 1.29 is 14.3 Å². The van der Waals surface area contributed by atoms with Crippen molar-refractivity contribution in [1.82, 2.24) is 20.2 Å². The van der Waals surface area contributed by atoms with Gasteiger partial charge in [-0.25, -0.2) is 9.97 Å². The van der Waals surface area contributed by atoms with E-state index >= 15 is 0 Å². The summed E-state index contributed by atoms with van der Waals surface area (Å²) in [5, 5.41) is 2.87. The number of hydrogen-bond acceptors (Lipinski definition) is 5. The molecule has 1 saturated heterocycles. The van der Waals surface area contributed by atoms with E-state index in [1.54, 1.807) is 12.1 Å². The fraction of sp³-hybridized carbons (Fsp3) is 0.478. The first-order valence-electron chi connectivity index (χ1n) is 10.6. The van der Waals surface area contributed by atoms with E-state index < -0.39 is 0 Å². The minimum Gasteiger partial charge on any atom is -0.490 e. The molecule has 0 bridgehead atoms. The molecule has 2 aromatic rings. The fourth-order valence-electron chi connectivity index (χ4n) is 3.83. The van der Waals surface area contributed by atoms with Crippen molar-refractivity contribution >= 4 is 11.8 Å². The summed E-state index contributed by atoms with van der Waals surface area (Å²) in [4.78, 5) is 35.4. The van der Waals surface area contributed by atoms with Crippen LogP contribution < -0.4 is 10.1 Å². The predicted molar refractivity (Wildman–Crippen MR) is 112 cm³/mol. The molecule has 1 aliphatic carbocycles. The first kappa shape index (κ1) is 20.3. The van der Waals surface area contributed by atoms with Gasteiger partial charge in [-0.05, 0) is 51.0 Å². The molecule has 2 aliphatic rings. The van der Waals surface area contributed by atoms with Gasteiger partial charge in [-0.3, -0.25) is 9.59 Å². The maximum Gasteiger partial charge on any atom is 0.251 e. The third kappa shape index (κ3) is 5.14. The lowest BCUT2D eigenvalue weighted by molar-refractivity contribution is -0.134. The molecule has 0 radical (unpaired) electrons. The highest BCUT2D eigenvalue weighted by molar-refractivity contribution is 5.94. The molecule has 0 atom stereocenters. The molecule has 30 heavy (non-hydrogen) atoms. The number of nitrogens with zero attached hydrogens (tertiary/aromatic N) is 3. The molecule has 1 aromatic heterocycles. The van der Waals surface area contributed by atoms with Gasteiger partial charge in [0, 0.05) is 48.8 Å². The third-order valence-corrected chi connectivity index (χ3v) is 5.51. The molecule has 1 aliphatic heterocycles. The molecule has 7 heteroatoms. The van der Waals surface area contributed by atoms with Crippen molar-refractivity contribution in [2.75, 3.05) is 13.1 Å². The van der Waals surface area contributed by atoms with Crippen molar-refractivity contribution in [2.45, 2.75) is 52.2 Å². The van der Waals surface area contributed by atoms with Crippen LogP contribution in [0.3, 0.4) is 0 Å². The van der Waals surface area contributed by atoms with E-state index in [0.717, 1.165) is 50.2 Å². The molecule has 7 nitrogen and oxygen atoms in total. The Kier molecular flexibility index (Phi) is 5.97. The van der Waals surface area contributed by atoms with E-state index in [0.29, 0.717) is 23.0 Å². The second kappa shape index (κ2) is 8.81. The van der Waals surface area contributed by atoms with Gasteiger partial charge in [-0.15, -0.1) is 0 Å². The molecule has 1 saturated carbocycles. The van der Waals surface area contributed by atoms with Crippen molar-refractivity contribution in [3.8, 4) is 5.75 Å². The van der Waals surface area contributed by atoms with E-state index in [1.165, 1.54) is 0 Å². The number of nitrogens with one attached hydrogen (secondary N) is 1. The van der Waals surface area contributed by atoms with Crippen molar-refractivity contribution in [3.63, 3.8) is 0 Å². The molecule has 1 aromatic carbocycles. The zero-order chi connectivity index (χ0) is 21.1. The number of rotatable bonds is 6. The summed E-state index contributed by atoms with van der Waals surface area (Å²) in [6, 6.07) is 9.12. The molecule has 1 N–H and O–H groups in total. The average molecular weight is 409 g/mol. The molecule has 2 heterocycles. The van der Waals surface area contributed by atoms with Crippen LogP contribution in [-0.2, 0) is 11.3 Å². The normalized spacial score (nSPS) is 16.9. The molecule has 0 unspecified atom stereocenters. The van der Waals surface area contributed by atoms with Crippen LogP contribution in [0.1, 0.15) is 53.3 Å². The number of aromatic nitrogens is 2. The number of likely N-dealkylation sites (tertiary alicyclic amines) is 1. The first-order chi connectivity index (χ1) is 14.5. The lowest BCUT2D eigenvalue weighted by Crippen LogP contribution is -2.42. The van der Waals surface area contributed by atoms with E-state index in [9.17, 15) is 9.59 Å². The lowest BCUT2D eigenvalue weighted by Gasteiger charge is -2.32. The Morgan fingerprint density at radius 3 is 2.43 bits per heavy atom. The van der Waals surface area contributed by atoms with Gasteiger partial charge in [-0.1, -0.05) is 6.07 Å². The molecule has 2 fully saturated rings. The van der Waals surface area contributed by atoms with Crippen molar-refractivity contribution in [2.24, 2.45) is 5.92 Å². The predicted octanol–water partition coefficient (Wildman–Crippen LogP) is 2.80. The minimum absolute atomic E-state index is 0.0650. The van der Waals surface area contributed by atoms with Crippen LogP contribution in [-0.4, -0.2) is 45.9 Å². The maximum atomic E-state index is 12.6. The lowest BCUT2D eigenvalue weighted by atomic mass is 10.1. The zero-order valence-electron chi connectivity index (χ0n) is 17.6. The van der Waals surface area contributed by atoms with Crippen molar-refractivity contribution in [1.29, 1.82) is 0 Å². The molecular weight excluding hydrogens is 380 g/mol. The Hall–Kier alpha value is -2.96. The average Bonchev–Trinajstić information content (AvgIpc) is 3.57. The highest BCUT2D eigenvalue weighted by atomic mass is 16.5. The minimum atomic E-state index is -0.187. The Bertz CT molecular complexity index is 914. The smallest absolute Gasteiger partial charge is 0.251 e. The number of amides is 2. The van der Waals surface area contributed by atoms with Gasteiger partial charge in [0.1, 0.15) is 17.7 Å². The number of hydrogen-bond donors (Lipinski definition) is 1. The van der Waals surface area contributed by atoms with Crippen LogP contribution >= 0.6 is 0 Å². The third-order valence-electron chi connectivity index (χ3n) is 5.51. The largest absolute Gasteiger partial charge is 0.490 e. The van der Waals surface area contributed by atoms with E-state index in [2.05, 4.69) is 15.3 Å². The van der Waals surface area contributed by atoms with Gasteiger partial charge in [0.15, 0.2) is 0 Å². The van der Waals surface area contributed by atoms with Crippen LogP contribution in [0.25, 0.3) is 0 Å². The van der Waals surface area contributed by atoms with Gasteiger partial charge in [0.2, 0.25) is 5.91 Å². The number of aryl methyl sites for hydroxylation is 2. The molecule has 0 spiro atoms. The zero-order valence-corrected chi connectivity index (χ0v) is 17.6. The summed E-state index contributed by atoms with van der Waals surface area (Å²) in [6.07, 6.45) is 3.78. The molecule has 4 rings (SSSR count). The topological polar surface area (TPSA) is 84.4 Å². The second-order valence-electron chi connectivity index (χ2n) is 8.19. The highest BCUT2D eigenvalue weighted by Crippen LogP contribution is 2.32. The summed E-state index contributed by atoms with van der Waals surface area (Å²) < 4.78 is 6.10. The Morgan fingerprint density at radius 1 is 1.07 bits per heavy atom.